The van der Waals surface area contributed by atoms with E-state index in [1.807, 2.05) is 0 Å². The van der Waals surface area contributed by atoms with Crippen molar-refractivity contribution in [2.75, 3.05) is 10.0 Å². The molecular weight excluding hydrogens is 440 g/mol. The molecule has 0 saturated carbocycles. The van der Waals surface area contributed by atoms with E-state index in [2.05, 4.69) is 20.0 Å². The van der Waals surface area contributed by atoms with Crippen LogP contribution < -0.4 is 15.5 Å². The van der Waals surface area contributed by atoms with E-state index >= 15 is 0 Å². The number of hydrogen-bond donors (Lipinski definition) is 2. The molecule has 6 nitrogen and oxygen atoms in total. The topological polar surface area (TPSA) is 84.0 Å². The summed E-state index contributed by atoms with van der Waals surface area (Å²) in [4.78, 5) is 8.60. The van der Waals surface area contributed by atoms with E-state index < -0.39 is 21.8 Å². The zero-order valence-electron chi connectivity index (χ0n) is 16.3. The van der Waals surface area contributed by atoms with Gasteiger partial charge in [0.25, 0.3) is 10.0 Å². The van der Waals surface area contributed by atoms with Crippen molar-refractivity contribution in [1.82, 2.24) is 9.97 Å². The van der Waals surface area contributed by atoms with Crippen molar-refractivity contribution in [2.45, 2.75) is 11.1 Å². The maximum Gasteiger partial charge on any atom is 0.416 e. The molecule has 0 aliphatic rings. The van der Waals surface area contributed by atoms with Gasteiger partial charge in [0.1, 0.15) is 7.85 Å². The van der Waals surface area contributed by atoms with Crippen LogP contribution >= 0.6 is 0 Å². The third-order valence-corrected chi connectivity index (χ3v) is 5.80. The zero-order chi connectivity index (χ0) is 22.9. The van der Waals surface area contributed by atoms with Gasteiger partial charge < -0.3 is 5.32 Å². The number of anilines is 3. The molecule has 32 heavy (non-hydrogen) atoms. The SMILES string of the molecule is [B]c1ccc(S(=O)(=O)Nc2nc3ccccc3nc2Nc2cccc(C(F)(F)F)c2)cc1. The summed E-state index contributed by atoms with van der Waals surface area (Å²) >= 11 is 0. The maximum atomic E-state index is 13.1. The molecule has 1 heterocycles. The molecule has 0 spiro atoms. The lowest BCUT2D eigenvalue weighted by Gasteiger charge is -2.15. The Bertz CT molecular complexity index is 1390. The van der Waals surface area contributed by atoms with Crippen LogP contribution in [0, 0.1) is 0 Å². The van der Waals surface area contributed by atoms with E-state index in [0.29, 0.717) is 16.5 Å². The van der Waals surface area contributed by atoms with Gasteiger partial charge in [0.05, 0.1) is 21.5 Å². The van der Waals surface area contributed by atoms with Crippen LogP contribution in [0.15, 0.2) is 77.7 Å². The number of aromatic nitrogens is 2. The number of halogens is 3. The van der Waals surface area contributed by atoms with Gasteiger partial charge in [0.2, 0.25) is 0 Å². The summed E-state index contributed by atoms with van der Waals surface area (Å²) in [6, 6.07) is 16.7. The minimum absolute atomic E-state index is 0.0537. The summed E-state index contributed by atoms with van der Waals surface area (Å²) in [7, 11) is 1.54. The number of alkyl halides is 3. The second-order valence-electron chi connectivity index (χ2n) is 6.79. The smallest absolute Gasteiger partial charge is 0.337 e. The average molecular weight is 454 g/mol. The number of nitrogens with zero attached hydrogens (tertiary/aromatic N) is 2. The van der Waals surface area contributed by atoms with Crippen molar-refractivity contribution in [3.8, 4) is 0 Å². The van der Waals surface area contributed by atoms with Gasteiger partial charge in [0, 0.05) is 5.69 Å². The second kappa shape index (κ2) is 8.15. The molecule has 2 N–H and O–H groups in total. The largest absolute Gasteiger partial charge is 0.416 e. The van der Waals surface area contributed by atoms with E-state index in [9.17, 15) is 21.6 Å². The molecule has 11 heteroatoms. The highest BCUT2D eigenvalue weighted by Crippen LogP contribution is 2.32. The fourth-order valence-corrected chi connectivity index (χ4v) is 3.91. The van der Waals surface area contributed by atoms with Gasteiger partial charge in [-0.2, -0.15) is 13.2 Å². The molecule has 0 aliphatic carbocycles. The molecule has 0 saturated heterocycles. The summed E-state index contributed by atoms with van der Waals surface area (Å²) in [6.07, 6.45) is -4.54. The highest BCUT2D eigenvalue weighted by atomic mass is 32.2. The fourth-order valence-electron chi connectivity index (χ4n) is 2.90. The number of para-hydroxylation sites is 2. The van der Waals surface area contributed by atoms with Gasteiger partial charge in [0.15, 0.2) is 11.6 Å². The fraction of sp³-hybridized carbons (Fsp3) is 0.0476. The van der Waals surface area contributed by atoms with Gasteiger partial charge in [-0.25, -0.2) is 18.4 Å². The van der Waals surface area contributed by atoms with Crippen molar-refractivity contribution in [3.05, 3.63) is 78.4 Å². The maximum absolute atomic E-state index is 13.1. The quantitative estimate of drug-likeness (QED) is 0.446. The number of rotatable bonds is 5. The minimum atomic E-state index is -4.54. The molecule has 1 aromatic heterocycles. The Kier molecular flexibility index (Phi) is 5.51. The van der Waals surface area contributed by atoms with E-state index in [1.54, 1.807) is 24.3 Å². The van der Waals surface area contributed by atoms with E-state index in [-0.39, 0.29) is 22.2 Å². The first-order valence-corrected chi connectivity index (χ1v) is 10.7. The molecule has 0 amide bonds. The second-order valence-corrected chi connectivity index (χ2v) is 8.47. The third kappa shape index (κ3) is 4.67. The van der Waals surface area contributed by atoms with E-state index in [4.69, 9.17) is 7.85 Å². The summed E-state index contributed by atoms with van der Waals surface area (Å²) in [5, 5.41) is 2.74. The number of sulfonamides is 1. The first-order valence-electron chi connectivity index (χ1n) is 9.21. The number of fused-ring (bicyclic) bond motifs is 1. The Hall–Kier alpha value is -3.60. The normalized spacial score (nSPS) is 12.0. The third-order valence-electron chi connectivity index (χ3n) is 4.44. The number of nitrogens with one attached hydrogen (secondary N) is 2. The highest BCUT2D eigenvalue weighted by Gasteiger charge is 2.30. The molecule has 160 valence electrons. The van der Waals surface area contributed by atoms with Crippen LogP contribution in [0.1, 0.15) is 5.56 Å². The van der Waals surface area contributed by atoms with Crippen molar-refractivity contribution in [3.63, 3.8) is 0 Å². The molecule has 0 fully saturated rings. The van der Waals surface area contributed by atoms with E-state index in [0.717, 1.165) is 12.1 Å². The molecular formula is C21H14BF3N4O2S. The Balaban J connectivity index is 1.77. The van der Waals surface area contributed by atoms with Gasteiger partial charge in [-0.15, -0.1) is 0 Å². The molecule has 0 aliphatic heterocycles. The number of benzene rings is 3. The van der Waals surface area contributed by atoms with E-state index in [1.165, 1.54) is 36.4 Å². The lowest BCUT2D eigenvalue weighted by Crippen LogP contribution is -2.17. The predicted molar refractivity (Wildman–Crippen MR) is 117 cm³/mol. The van der Waals surface area contributed by atoms with Crippen LogP contribution in [0.25, 0.3) is 11.0 Å². The summed E-state index contributed by atoms with van der Waals surface area (Å²) in [6.45, 7) is 0. The van der Waals surface area contributed by atoms with Gasteiger partial charge in [-0.1, -0.05) is 35.8 Å². The minimum Gasteiger partial charge on any atom is -0.337 e. The standard InChI is InChI=1S/C21H14BF3N4O2S/c22-14-8-10-16(11-9-14)32(30,31)29-20-19(27-17-6-1-2-7-18(17)28-20)26-15-5-3-4-13(12-15)21(23,24)25/h1-12H,(H,26,27)(H,28,29). The van der Waals surface area contributed by atoms with Crippen LogP contribution in [0.4, 0.5) is 30.5 Å². The van der Waals surface area contributed by atoms with Crippen LogP contribution in [-0.4, -0.2) is 26.2 Å². The Morgan fingerprint density at radius 3 is 2.06 bits per heavy atom. The number of hydrogen-bond acceptors (Lipinski definition) is 5. The monoisotopic (exact) mass is 454 g/mol. The van der Waals surface area contributed by atoms with Crippen molar-refractivity contribution in [2.24, 2.45) is 0 Å². The van der Waals surface area contributed by atoms with Crippen molar-refractivity contribution in [1.29, 1.82) is 0 Å². The van der Waals surface area contributed by atoms with Crippen LogP contribution in [0.5, 0.6) is 0 Å². The molecule has 2 radical (unpaired) electrons. The zero-order valence-corrected chi connectivity index (χ0v) is 17.1. The molecule has 0 bridgehead atoms. The first kappa shape index (κ1) is 21.6. The Morgan fingerprint density at radius 2 is 1.44 bits per heavy atom. The summed E-state index contributed by atoms with van der Waals surface area (Å²) < 4.78 is 67.3. The molecule has 4 rings (SSSR count). The van der Waals surface area contributed by atoms with Crippen LogP contribution in [0.3, 0.4) is 0 Å². The predicted octanol–water partition coefficient (Wildman–Crippen LogP) is 3.99. The van der Waals surface area contributed by atoms with Gasteiger partial charge >= 0.3 is 6.18 Å². The first-order chi connectivity index (χ1) is 15.1. The highest BCUT2D eigenvalue weighted by molar-refractivity contribution is 7.92. The molecule has 0 unspecified atom stereocenters. The lowest BCUT2D eigenvalue weighted by atomic mass is 9.97. The summed E-state index contributed by atoms with van der Waals surface area (Å²) in [5.41, 5.74) is 0.424. The average Bonchev–Trinajstić information content (AvgIpc) is 2.74. The van der Waals surface area contributed by atoms with Gasteiger partial charge in [-0.05, 0) is 42.5 Å². The summed E-state index contributed by atoms with van der Waals surface area (Å²) in [5.74, 6) is -0.222. The Morgan fingerprint density at radius 1 is 0.812 bits per heavy atom. The van der Waals surface area contributed by atoms with Gasteiger partial charge in [-0.3, -0.25) is 4.72 Å². The molecule has 4 aromatic rings. The van der Waals surface area contributed by atoms with Crippen molar-refractivity contribution < 1.29 is 21.6 Å². The molecule has 0 atom stereocenters. The van der Waals surface area contributed by atoms with Crippen LogP contribution in [0.2, 0.25) is 0 Å². The van der Waals surface area contributed by atoms with Crippen LogP contribution in [-0.2, 0) is 16.2 Å². The molecule has 3 aromatic carbocycles. The Labute approximate surface area is 183 Å². The van der Waals surface area contributed by atoms with Crippen molar-refractivity contribution >= 4 is 51.7 Å². The lowest BCUT2D eigenvalue weighted by molar-refractivity contribution is -0.137.